The van der Waals surface area contributed by atoms with Gasteiger partial charge in [0.2, 0.25) is 0 Å². The molecule has 0 N–H and O–H groups in total. The lowest BCUT2D eigenvalue weighted by molar-refractivity contribution is 0.00619. The van der Waals surface area contributed by atoms with Crippen LogP contribution in [0.5, 0.6) is 5.75 Å². The number of fused-ring (bicyclic) bond motifs is 3. The summed E-state index contributed by atoms with van der Waals surface area (Å²) in [6.07, 6.45) is 7.39. The summed E-state index contributed by atoms with van der Waals surface area (Å²) in [4.78, 5) is 13.1. The zero-order valence-corrected chi connectivity index (χ0v) is 16.9. The molecule has 4 heterocycles. The number of imidazole rings is 1. The fourth-order valence-corrected chi connectivity index (χ4v) is 4.28. The van der Waals surface area contributed by atoms with Crippen molar-refractivity contribution in [2.45, 2.75) is 38.5 Å². The van der Waals surface area contributed by atoms with Gasteiger partial charge >= 0.3 is 0 Å². The molecular weight excluding hydrogens is 380 g/mol. The van der Waals surface area contributed by atoms with Crippen LogP contribution in [0.4, 0.5) is 5.69 Å². The molecule has 5 rings (SSSR count). The summed E-state index contributed by atoms with van der Waals surface area (Å²) in [5.41, 5.74) is 3.32. The van der Waals surface area contributed by atoms with E-state index in [0.29, 0.717) is 18.0 Å². The molecule has 30 heavy (non-hydrogen) atoms. The summed E-state index contributed by atoms with van der Waals surface area (Å²) in [5.74, 6) is 1.63. The molecule has 2 atom stereocenters. The lowest BCUT2D eigenvalue weighted by atomic mass is 10.0. The molecule has 0 amide bonds. The lowest BCUT2D eigenvalue weighted by Gasteiger charge is -2.30. The van der Waals surface area contributed by atoms with Crippen molar-refractivity contribution in [3.05, 3.63) is 54.0 Å². The van der Waals surface area contributed by atoms with Crippen molar-refractivity contribution in [3.63, 3.8) is 0 Å². The molecule has 152 valence electrons. The van der Waals surface area contributed by atoms with Gasteiger partial charge in [0, 0.05) is 18.0 Å². The predicted octanol–water partition coefficient (Wildman–Crippen LogP) is 4.13. The maximum absolute atomic E-state index is 7.42. The molecule has 0 unspecified atom stereocenters. The molecule has 0 bridgehead atoms. The lowest BCUT2D eigenvalue weighted by Crippen LogP contribution is -2.27. The van der Waals surface area contributed by atoms with E-state index in [1.165, 1.54) is 0 Å². The van der Waals surface area contributed by atoms with Crippen LogP contribution in [0, 0.1) is 6.57 Å². The molecule has 1 aromatic carbocycles. The summed E-state index contributed by atoms with van der Waals surface area (Å²) >= 11 is 0. The molecule has 1 saturated heterocycles. The second-order valence-electron chi connectivity index (χ2n) is 7.64. The van der Waals surface area contributed by atoms with Crippen LogP contribution in [0.3, 0.4) is 0 Å². The summed E-state index contributed by atoms with van der Waals surface area (Å²) < 4.78 is 15.2. The van der Waals surface area contributed by atoms with E-state index in [1.54, 1.807) is 13.3 Å². The van der Waals surface area contributed by atoms with Crippen LogP contribution in [0.2, 0.25) is 0 Å². The maximum Gasteiger partial charge on any atom is 0.188 e. The van der Waals surface area contributed by atoms with E-state index in [4.69, 9.17) is 21.0 Å². The Kier molecular flexibility index (Phi) is 4.60. The van der Waals surface area contributed by atoms with Crippen LogP contribution >= 0.6 is 0 Å². The van der Waals surface area contributed by atoms with E-state index in [9.17, 15) is 0 Å². The molecule has 1 aliphatic heterocycles. The Morgan fingerprint density at radius 1 is 1.30 bits per heavy atom. The molecule has 0 saturated carbocycles. The van der Waals surface area contributed by atoms with Gasteiger partial charge in [-0.1, -0.05) is 6.07 Å². The Labute approximate surface area is 173 Å². The topological polar surface area (TPSA) is 71.3 Å². The number of methoxy groups -OCH3 is 1. The Balaban J connectivity index is 1.72. The molecule has 0 radical (unpaired) electrons. The van der Waals surface area contributed by atoms with Crippen molar-refractivity contribution >= 4 is 27.6 Å². The molecule has 0 spiro atoms. The number of hydrogen-bond donors (Lipinski definition) is 0. The van der Waals surface area contributed by atoms with Crippen molar-refractivity contribution in [1.82, 2.24) is 24.3 Å². The minimum atomic E-state index is 0.186. The van der Waals surface area contributed by atoms with E-state index in [-0.39, 0.29) is 12.1 Å². The van der Waals surface area contributed by atoms with Crippen molar-refractivity contribution in [2.75, 3.05) is 13.7 Å². The average molecular weight is 402 g/mol. The van der Waals surface area contributed by atoms with Crippen LogP contribution in [0.15, 0.2) is 36.8 Å². The summed E-state index contributed by atoms with van der Waals surface area (Å²) in [7, 11) is 1.63. The van der Waals surface area contributed by atoms with E-state index in [0.717, 1.165) is 47.2 Å². The van der Waals surface area contributed by atoms with Crippen molar-refractivity contribution < 1.29 is 9.47 Å². The third-order valence-corrected chi connectivity index (χ3v) is 5.67. The zero-order valence-electron chi connectivity index (χ0n) is 16.9. The number of benzene rings is 1. The number of rotatable bonds is 4. The highest BCUT2D eigenvalue weighted by molar-refractivity contribution is 6.03. The number of pyridine rings is 1. The number of ether oxygens (including phenoxy) is 2. The van der Waals surface area contributed by atoms with Crippen LogP contribution in [0.25, 0.3) is 26.8 Å². The SMILES string of the molecule is [C-]#[N+]c1ccc2ncc3nc(Cn4cc(OC)cn4)n([C@@H]4CCO[C@H](C)C4)c3c2c1. The summed E-state index contributed by atoms with van der Waals surface area (Å²) in [6, 6.07) is 5.89. The van der Waals surface area contributed by atoms with E-state index in [1.807, 2.05) is 35.3 Å². The Bertz CT molecular complexity index is 1270. The number of aromatic nitrogens is 5. The Morgan fingerprint density at radius 2 is 2.20 bits per heavy atom. The molecule has 1 fully saturated rings. The first-order valence-corrected chi connectivity index (χ1v) is 10.0. The Hall–Kier alpha value is -3.44. The van der Waals surface area contributed by atoms with Gasteiger partial charge in [0.15, 0.2) is 11.4 Å². The smallest absolute Gasteiger partial charge is 0.188 e. The average Bonchev–Trinajstić information content (AvgIpc) is 3.37. The second-order valence-corrected chi connectivity index (χ2v) is 7.64. The third-order valence-electron chi connectivity index (χ3n) is 5.67. The highest BCUT2D eigenvalue weighted by Gasteiger charge is 2.26. The van der Waals surface area contributed by atoms with Crippen molar-refractivity contribution in [2.24, 2.45) is 0 Å². The molecule has 0 aliphatic carbocycles. The summed E-state index contributed by atoms with van der Waals surface area (Å²) in [6.45, 7) is 10.8. The summed E-state index contributed by atoms with van der Waals surface area (Å²) in [5, 5.41) is 5.36. The van der Waals surface area contributed by atoms with E-state index in [2.05, 4.69) is 26.4 Å². The minimum absolute atomic E-state index is 0.186. The predicted molar refractivity (Wildman–Crippen MR) is 113 cm³/mol. The number of hydrogen-bond acceptors (Lipinski definition) is 5. The van der Waals surface area contributed by atoms with Gasteiger partial charge in [-0.2, -0.15) is 5.10 Å². The van der Waals surface area contributed by atoms with Crippen molar-refractivity contribution in [1.29, 1.82) is 0 Å². The van der Waals surface area contributed by atoms with Gasteiger partial charge in [-0.15, -0.1) is 0 Å². The molecule has 8 heteroatoms. The number of nitrogens with zero attached hydrogens (tertiary/aromatic N) is 6. The molecule has 8 nitrogen and oxygen atoms in total. The fraction of sp³-hybridized carbons (Fsp3) is 0.364. The minimum Gasteiger partial charge on any atom is -0.493 e. The van der Waals surface area contributed by atoms with E-state index >= 15 is 0 Å². The monoisotopic (exact) mass is 402 g/mol. The Morgan fingerprint density at radius 3 is 2.97 bits per heavy atom. The van der Waals surface area contributed by atoms with Gasteiger partial charge in [-0.05, 0) is 31.9 Å². The maximum atomic E-state index is 7.42. The zero-order chi connectivity index (χ0) is 20.7. The van der Waals surface area contributed by atoms with Gasteiger partial charge in [-0.3, -0.25) is 9.67 Å². The first-order chi connectivity index (χ1) is 14.7. The van der Waals surface area contributed by atoms with Gasteiger partial charge in [0.1, 0.15) is 11.3 Å². The van der Waals surface area contributed by atoms with Crippen LogP contribution < -0.4 is 4.74 Å². The molecule has 1 aliphatic rings. The van der Waals surface area contributed by atoms with E-state index < -0.39 is 0 Å². The largest absolute Gasteiger partial charge is 0.493 e. The third kappa shape index (κ3) is 3.17. The standard InChI is InChI=1S/C22H22N6O2/c1-14-8-16(6-7-30-14)28-21(13-27-12-17(29-3)10-25-27)26-20-11-24-19-5-4-15(23-2)9-18(19)22(20)28/h4-5,9-12,14,16H,6-8,13H2,1,3H3/t14-,16-/m1/s1. The molecule has 4 aromatic rings. The molecule has 3 aromatic heterocycles. The van der Waals surface area contributed by atoms with Crippen LogP contribution in [-0.2, 0) is 11.3 Å². The first kappa shape index (κ1) is 18.6. The highest BCUT2D eigenvalue weighted by Crippen LogP contribution is 2.35. The molecular formula is C22H22N6O2. The first-order valence-electron chi connectivity index (χ1n) is 10.0. The van der Waals surface area contributed by atoms with Gasteiger partial charge in [0.05, 0.1) is 56.0 Å². The fourth-order valence-electron chi connectivity index (χ4n) is 4.28. The van der Waals surface area contributed by atoms with Crippen LogP contribution in [0.1, 0.15) is 31.6 Å². The van der Waals surface area contributed by atoms with Gasteiger partial charge < -0.3 is 14.0 Å². The van der Waals surface area contributed by atoms with Crippen molar-refractivity contribution in [3.8, 4) is 5.75 Å². The van der Waals surface area contributed by atoms with Crippen LogP contribution in [-0.4, -0.2) is 44.1 Å². The second kappa shape index (κ2) is 7.43. The quantitative estimate of drug-likeness (QED) is 0.480. The van der Waals surface area contributed by atoms with Gasteiger partial charge in [0.25, 0.3) is 0 Å². The van der Waals surface area contributed by atoms with Gasteiger partial charge in [-0.25, -0.2) is 9.83 Å². The normalized spacial score (nSPS) is 19.2. The highest BCUT2D eigenvalue weighted by atomic mass is 16.5.